The Bertz CT molecular complexity index is 649. The molecule has 0 spiro atoms. The SMILES string of the molecule is CSCCC(N)C(=O)NC(C(=O)NC(CCC(N)=O)C(=O)NC(CS)C(=O)O)C(C)C. The van der Waals surface area contributed by atoms with E-state index >= 15 is 0 Å². The van der Waals surface area contributed by atoms with Crippen LogP contribution >= 0.6 is 24.4 Å². The van der Waals surface area contributed by atoms with Gasteiger partial charge in [-0.3, -0.25) is 19.2 Å². The van der Waals surface area contributed by atoms with Crippen molar-refractivity contribution in [3.63, 3.8) is 0 Å². The molecule has 4 atom stereocenters. The average molecular weight is 480 g/mol. The number of carboxylic acids is 1. The number of rotatable bonds is 15. The van der Waals surface area contributed by atoms with E-state index in [0.717, 1.165) is 0 Å². The summed E-state index contributed by atoms with van der Waals surface area (Å²) in [6.45, 7) is 3.41. The number of thiol groups is 1. The summed E-state index contributed by atoms with van der Waals surface area (Å²) in [4.78, 5) is 59.9. The summed E-state index contributed by atoms with van der Waals surface area (Å²) in [6, 6.07) is -4.29. The molecule has 0 aliphatic rings. The summed E-state index contributed by atoms with van der Waals surface area (Å²) >= 11 is 5.41. The van der Waals surface area contributed by atoms with Crippen molar-refractivity contribution in [1.82, 2.24) is 16.0 Å². The monoisotopic (exact) mass is 479 g/mol. The maximum Gasteiger partial charge on any atom is 0.327 e. The van der Waals surface area contributed by atoms with E-state index in [2.05, 4.69) is 28.6 Å². The molecule has 0 bridgehead atoms. The summed E-state index contributed by atoms with van der Waals surface area (Å²) < 4.78 is 0. The number of nitrogens with two attached hydrogens (primary N) is 2. The van der Waals surface area contributed by atoms with Crippen molar-refractivity contribution in [2.24, 2.45) is 17.4 Å². The first-order valence-electron chi connectivity index (χ1n) is 9.72. The maximum absolute atomic E-state index is 12.8. The van der Waals surface area contributed by atoms with E-state index in [4.69, 9.17) is 16.6 Å². The standard InChI is InChI=1S/C18H33N5O6S2/c1-9(2)14(23-15(25)10(19)6-7-31-3)17(27)21-11(4-5-13(20)24)16(26)22-12(8-30)18(28)29/h9-12,14,30H,4-8,19H2,1-3H3,(H2,20,24)(H,21,27)(H,22,26)(H,23,25)(H,28,29). The van der Waals surface area contributed by atoms with Gasteiger partial charge in [-0.2, -0.15) is 24.4 Å². The third-order valence-corrected chi connectivity index (χ3v) is 5.34. The predicted molar refractivity (Wildman–Crippen MR) is 122 cm³/mol. The molecule has 0 aliphatic heterocycles. The molecular formula is C18H33N5O6S2. The number of hydrogen-bond acceptors (Lipinski definition) is 8. The Hall–Kier alpha value is -1.99. The average Bonchev–Trinajstić information content (AvgIpc) is 2.69. The molecule has 0 heterocycles. The first kappa shape index (κ1) is 29.0. The zero-order chi connectivity index (χ0) is 24.1. The Morgan fingerprint density at radius 3 is 2.00 bits per heavy atom. The van der Waals surface area contributed by atoms with Crippen LogP contribution in [0.2, 0.25) is 0 Å². The molecule has 13 heteroatoms. The Kier molecular flexibility index (Phi) is 14.0. The van der Waals surface area contributed by atoms with E-state index in [1.54, 1.807) is 13.8 Å². The smallest absolute Gasteiger partial charge is 0.327 e. The fourth-order valence-corrected chi connectivity index (χ4v) is 3.18. The molecule has 11 nitrogen and oxygen atoms in total. The van der Waals surface area contributed by atoms with Gasteiger partial charge in [-0.05, 0) is 30.8 Å². The van der Waals surface area contributed by atoms with Gasteiger partial charge < -0.3 is 32.5 Å². The number of aliphatic carboxylic acids is 1. The molecule has 0 aromatic heterocycles. The lowest BCUT2D eigenvalue weighted by molar-refractivity contribution is -0.141. The van der Waals surface area contributed by atoms with Gasteiger partial charge in [-0.25, -0.2) is 4.79 Å². The van der Waals surface area contributed by atoms with Crippen molar-refractivity contribution >= 4 is 54.0 Å². The number of carbonyl (C=O) groups excluding carboxylic acids is 4. The zero-order valence-corrected chi connectivity index (χ0v) is 19.6. The molecule has 0 radical (unpaired) electrons. The number of nitrogens with one attached hydrogen (secondary N) is 3. The van der Waals surface area contributed by atoms with Crippen LogP contribution in [0, 0.1) is 5.92 Å². The fraction of sp³-hybridized carbons (Fsp3) is 0.722. The fourth-order valence-electron chi connectivity index (χ4n) is 2.45. The van der Waals surface area contributed by atoms with Crippen molar-refractivity contribution in [2.75, 3.05) is 17.8 Å². The van der Waals surface area contributed by atoms with Crippen LogP contribution in [0.25, 0.3) is 0 Å². The Morgan fingerprint density at radius 1 is 0.968 bits per heavy atom. The Balaban J connectivity index is 5.35. The lowest BCUT2D eigenvalue weighted by Gasteiger charge is -2.26. The molecule has 0 fully saturated rings. The summed E-state index contributed by atoms with van der Waals surface area (Å²) in [7, 11) is 0. The van der Waals surface area contributed by atoms with Gasteiger partial charge in [0.1, 0.15) is 18.1 Å². The van der Waals surface area contributed by atoms with Crippen molar-refractivity contribution in [1.29, 1.82) is 0 Å². The molecule has 0 saturated carbocycles. The lowest BCUT2D eigenvalue weighted by atomic mass is 10.0. The summed E-state index contributed by atoms with van der Waals surface area (Å²) in [5.41, 5.74) is 11.0. The molecule has 31 heavy (non-hydrogen) atoms. The van der Waals surface area contributed by atoms with Crippen LogP contribution < -0.4 is 27.4 Å². The Morgan fingerprint density at radius 2 is 1.55 bits per heavy atom. The van der Waals surface area contributed by atoms with Gasteiger partial charge in [-0.15, -0.1) is 0 Å². The summed E-state index contributed by atoms with van der Waals surface area (Å²) in [5.74, 6) is -3.78. The van der Waals surface area contributed by atoms with Crippen molar-refractivity contribution < 1.29 is 29.1 Å². The highest BCUT2D eigenvalue weighted by Gasteiger charge is 2.31. The van der Waals surface area contributed by atoms with E-state index in [-0.39, 0.29) is 24.5 Å². The van der Waals surface area contributed by atoms with Gasteiger partial charge in [0.15, 0.2) is 0 Å². The second-order valence-electron chi connectivity index (χ2n) is 7.27. The molecule has 178 valence electrons. The van der Waals surface area contributed by atoms with Gasteiger partial charge in [0, 0.05) is 12.2 Å². The van der Waals surface area contributed by atoms with Crippen LogP contribution in [0.1, 0.15) is 33.1 Å². The third-order valence-electron chi connectivity index (χ3n) is 4.33. The minimum absolute atomic E-state index is 0.141. The van der Waals surface area contributed by atoms with Gasteiger partial charge in [0.05, 0.1) is 6.04 Å². The molecule has 4 unspecified atom stereocenters. The van der Waals surface area contributed by atoms with Crippen molar-refractivity contribution in [3.05, 3.63) is 0 Å². The van der Waals surface area contributed by atoms with Crippen LogP contribution in [-0.4, -0.2) is 76.6 Å². The van der Waals surface area contributed by atoms with Crippen molar-refractivity contribution in [2.45, 2.75) is 57.3 Å². The summed E-state index contributed by atoms with van der Waals surface area (Å²) in [5, 5.41) is 16.4. The number of carboxylic acid groups (broad SMARTS) is 1. The largest absolute Gasteiger partial charge is 0.480 e. The van der Waals surface area contributed by atoms with Crippen LogP contribution in [0.3, 0.4) is 0 Å². The molecule has 0 saturated heterocycles. The molecule has 4 amide bonds. The minimum atomic E-state index is -1.30. The third kappa shape index (κ3) is 11.3. The van der Waals surface area contributed by atoms with E-state index in [9.17, 15) is 24.0 Å². The van der Waals surface area contributed by atoms with E-state index in [1.807, 2.05) is 6.26 Å². The second kappa shape index (κ2) is 14.9. The first-order valence-corrected chi connectivity index (χ1v) is 11.7. The summed E-state index contributed by atoms with van der Waals surface area (Å²) in [6.07, 6.45) is 1.96. The highest BCUT2D eigenvalue weighted by Crippen LogP contribution is 2.07. The zero-order valence-electron chi connectivity index (χ0n) is 17.9. The van der Waals surface area contributed by atoms with Crippen LogP contribution in [0.4, 0.5) is 0 Å². The highest BCUT2D eigenvalue weighted by molar-refractivity contribution is 7.98. The van der Waals surface area contributed by atoms with E-state index in [0.29, 0.717) is 12.2 Å². The van der Waals surface area contributed by atoms with Gasteiger partial charge in [0.2, 0.25) is 23.6 Å². The molecule has 8 N–H and O–H groups in total. The van der Waals surface area contributed by atoms with Gasteiger partial charge in [-0.1, -0.05) is 13.8 Å². The molecule has 0 rings (SSSR count). The Labute approximate surface area is 191 Å². The molecule has 0 aromatic rings. The van der Waals surface area contributed by atoms with Crippen LogP contribution in [0.5, 0.6) is 0 Å². The number of amides is 4. The molecule has 0 aromatic carbocycles. The van der Waals surface area contributed by atoms with Gasteiger partial charge in [0.25, 0.3) is 0 Å². The number of carbonyl (C=O) groups is 5. The first-order chi connectivity index (χ1) is 14.4. The van der Waals surface area contributed by atoms with E-state index < -0.39 is 53.8 Å². The number of thioether (sulfide) groups is 1. The van der Waals surface area contributed by atoms with E-state index in [1.165, 1.54) is 11.8 Å². The normalized spacial score (nSPS) is 14.8. The number of primary amides is 1. The van der Waals surface area contributed by atoms with Crippen molar-refractivity contribution in [3.8, 4) is 0 Å². The second-order valence-corrected chi connectivity index (χ2v) is 8.62. The van der Waals surface area contributed by atoms with Crippen LogP contribution in [0.15, 0.2) is 0 Å². The quantitative estimate of drug-likeness (QED) is 0.137. The highest BCUT2D eigenvalue weighted by atomic mass is 32.2. The minimum Gasteiger partial charge on any atom is -0.480 e. The maximum atomic E-state index is 12.8. The van der Waals surface area contributed by atoms with Gasteiger partial charge >= 0.3 is 5.97 Å². The number of hydrogen-bond donors (Lipinski definition) is 7. The predicted octanol–water partition coefficient (Wildman–Crippen LogP) is -1.54. The molecular weight excluding hydrogens is 446 g/mol. The van der Waals surface area contributed by atoms with Crippen LogP contribution in [-0.2, 0) is 24.0 Å². The molecule has 0 aliphatic carbocycles. The topological polar surface area (TPSA) is 194 Å². The lowest BCUT2D eigenvalue weighted by Crippen LogP contribution is -2.58.